The van der Waals surface area contributed by atoms with Crippen LogP contribution in [0, 0.1) is 5.92 Å². The first-order valence-corrected chi connectivity index (χ1v) is 8.86. The number of methoxy groups -OCH3 is 1. The van der Waals surface area contributed by atoms with E-state index in [-0.39, 0.29) is 17.7 Å². The molecule has 7 nitrogen and oxygen atoms in total. The maximum absolute atomic E-state index is 12.6. The highest BCUT2D eigenvalue weighted by Crippen LogP contribution is 2.21. The van der Waals surface area contributed by atoms with Gasteiger partial charge in [0.25, 0.3) is 5.91 Å². The van der Waals surface area contributed by atoms with Crippen LogP contribution in [0.3, 0.4) is 0 Å². The Bertz CT molecular complexity index is 745. The average molecular weight is 356 g/mol. The van der Waals surface area contributed by atoms with Crippen molar-refractivity contribution >= 4 is 11.8 Å². The zero-order valence-corrected chi connectivity index (χ0v) is 14.9. The second-order valence-corrected chi connectivity index (χ2v) is 6.47. The van der Waals surface area contributed by atoms with E-state index in [1.165, 1.54) is 0 Å². The number of H-pyrrole nitrogens is 1. The van der Waals surface area contributed by atoms with Crippen molar-refractivity contribution in [3.05, 3.63) is 47.8 Å². The van der Waals surface area contributed by atoms with E-state index >= 15 is 0 Å². The van der Waals surface area contributed by atoms with Gasteiger partial charge in [-0.15, -0.1) is 0 Å². The van der Waals surface area contributed by atoms with Crippen molar-refractivity contribution in [2.75, 3.05) is 26.7 Å². The predicted octanol–water partition coefficient (Wildman–Crippen LogP) is 1.63. The van der Waals surface area contributed by atoms with E-state index in [1.807, 2.05) is 6.20 Å². The zero-order chi connectivity index (χ0) is 18.4. The third kappa shape index (κ3) is 4.41. The van der Waals surface area contributed by atoms with Gasteiger partial charge < -0.3 is 15.0 Å². The van der Waals surface area contributed by atoms with Crippen LogP contribution in [0.15, 0.2) is 36.7 Å². The normalized spacial score (nSPS) is 16.5. The van der Waals surface area contributed by atoms with Gasteiger partial charge in [0.2, 0.25) is 5.91 Å². The molecule has 1 aliphatic heterocycles. The summed E-state index contributed by atoms with van der Waals surface area (Å²) in [7, 11) is 1.58. The van der Waals surface area contributed by atoms with Crippen molar-refractivity contribution in [3.8, 4) is 5.75 Å². The number of nitrogens with one attached hydrogen (secondary N) is 2. The van der Waals surface area contributed by atoms with Gasteiger partial charge in [-0.3, -0.25) is 14.7 Å². The largest absolute Gasteiger partial charge is 0.497 e. The number of rotatable bonds is 7. The highest BCUT2D eigenvalue weighted by Gasteiger charge is 2.31. The van der Waals surface area contributed by atoms with Gasteiger partial charge in [0.15, 0.2) is 0 Å². The maximum atomic E-state index is 12.6. The number of carbonyl (C=O) groups excluding carboxylic acids is 2. The Balaban J connectivity index is 1.45. The lowest BCUT2D eigenvalue weighted by molar-refractivity contribution is -0.124. The number of hydrogen-bond acceptors (Lipinski definition) is 4. The van der Waals surface area contributed by atoms with E-state index in [1.54, 1.807) is 42.5 Å². The third-order valence-electron chi connectivity index (χ3n) is 4.66. The van der Waals surface area contributed by atoms with Crippen LogP contribution in [0.4, 0.5) is 0 Å². The van der Waals surface area contributed by atoms with E-state index in [9.17, 15) is 9.59 Å². The minimum Gasteiger partial charge on any atom is -0.497 e. The lowest BCUT2D eigenvalue weighted by atomic mass is 10.1. The van der Waals surface area contributed by atoms with Crippen LogP contribution in [0.2, 0.25) is 0 Å². The molecular weight excluding hydrogens is 332 g/mol. The van der Waals surface area contributed by atoms with Crippen LogP contribution >= 0.6 is 0 Å². The molecular formula is C19H24N4O3. The molecule has 1 aliphatic rings. The van der Waals surface area contributed by atoms with Crippen LogP contribution in [0.25, 0.3) is 0 Å². The molecule has 1 saturated heterocycles. The number of benzene rings is 1. The first kappa shape index (κ1) is 18.0. The maximum Gasteiger partial charge on any atom is 0.254 e. The summed E-state index contributed by atoms with van der Waals surface area (Å²) < 4.78 is 5.17. The lowest BCUT2D eigenvalue weighted by Gasteiger charge is -2.17. The van der Waals surface area contributed by atoms with Crippen molar-refractivity contribution in [2.24, 2.45) is 5.92 Å². The fourth-order valence-electron chi connectivity index (χ4n) is 3.16. The summed E-state index contributed by atoms with van der Waals surface area (Å²) in [5.74, 6) is 0.484. The lowest BCUT2D eigenvalue weighted by Crippen LogP contribution is -2.35. The zero-order valence-electron chi connectivity index (χ0n) is 14.9. The van der Waals surface area contributed by atoms with E-state index in [4.69, 9.17) is 4.74 Å². The third-order valence-corrected chi connectivity index (χ3v) is 4.66. The van der Waals surface area contributed by atoms with Gasteiger partial charge in [-0.25, -0.2) is 0 Å². The number of carbonyl (C=O) groups is 2. The van der Waals surface area contributed by atoms with Crippen molar-refractivity contribution in [2.45, 2.75) is 19.3 Å². The Labute approximate surface area is 152 Å². The number of amides is 2. The number of nitrogens with zero attached hydrogens (tertiary/aromatic N) is 2. The molecule has 2 N–H and O–H groups in total. The van der Waals surface area contributed by atoms with Crippen LogP contribution < -0.4 is 10.1 Å². The monoisotopic (exact) mass is 356 g/mol. The summed E-state index contributed by atoms with van der Waals surface area (Å²) >= 11 is 0. The SMILES string of the molecule is COc1cccc(C(=O)N2CCC(C(=O)NCCCc3cn[nH]c3)C2)c1. The Morgan fingerprint density at radius 1 is 1.42 bits per heavy atom. The fraction of sp³-hybridized carbons (Fsp3) is 0.421. The van der Waals surface area contributed by atoms with E-state index < -0.39 is 0 Å². The highest BCUT2D eigenvalue weighted by atomic mass is 16.5. The van der Waals surface area contributed by atoms with Crippen molar-refractivity contribution < 1.29 is 14.3 Å². The van der Waals surface area contributed by atoms with E-state index in [0.29, 0.717) is 37.4 Å². The number of aromatic amines is 1. The van der Waals surface area contributed by atoms with Gasteiger partial charge in [0, 0.05) is 31.4 Å². The van der Waals surface area contributed by atoms with Gasteiger partial charge in [0.1, 0.15) is 5.75 Å². The van der Waals surface area contributed by atoms with Gasteiger partial charge >= 0.3 is 0 Å². The van der Waals surface area contributed by atoms with Gasteiger partial charge in [-0.05, 0) is 43.0 Å². The molecule has 138 valence electrons. The standard InChI is InChI=1S/C19H24N4O3/c1-26-17-6-2-5-15(10-17)19(25)23-9-7-16(13-23)18(24)20-8-3-4-14-11-21-22-12-14/h2,5-6,10-12,16H,3-4,7-9,13H2,1H3,(H,20,24)(H,21,22). The van der Waals surface area contributed by atoms with Crippen molar-refractivity contribution in [1.82, 2.24) is 20.4 Å². The average Bonchev–Trinajstić information content (AvgIpc) is 3.36. The topological polar surface area (TPSA) is 87.3 Å². The molecule has 1 unspecified atom stereocenters. The molecule has 7 heteroatoms. The Morgan fingerprint density at radius 3 is 3.08 bits per heavy atom. The summed E-state index contributed by atoms with van der Waals surface area (Å²) in [6.07, 6.45) is 6.09. The fourth-order valence-corrected chi connectivity index (χ4v) is 3.16. The first-order chi connectivity index (χ1) is 12.7. The Morgan fingerprint density at radius 2 is 2.31 bits per heavy atom. The number of ether oxygens (including phenoxy) is 1. The number of aromatic nitrogens is 2. The molecule has 0 bridgehead atoms. The molecule has 1 atom stereocenters. The second kappa shape index (κ2) is 8.51. The molecule has 1 aromatic carbocycles. The summed E-state index contributed by atoms with van der Waals surface area (Å²) in [5.41, 5.74) is 1.72. The summed E-state index contributed by atoms with van der Waals surface area (Å²) in [6, 6.07) is 7.10. The van der Waals surface area contributed by atoms with Crippen molar-refractivity contribution in [3.63, 3.8) is 0 Å². The van der Waals surface area contributed by atoms with E-state index in [0.717, 1.165) is 18.4 Å². The number of likely N-dealkylation sites (tertiary alicyclic amines) is 1. The van der Waals surface area contributed by atoms with Crippen molar-refractivity contribution in [1.29, 1.82) is 0 Å². The molecule has 1 fully saturated rings. The van der Waals surface area contributed by atoms with Crippen LogP contribution in [0.5, 0.6) is 5.75 Å². The molecule has 2 aromatic rings. The molecule has 0 aliphatic carbocycles. The summed E-state index contributed by atoms with van der Waals surface area (Å²) in [6.45, 7) is 1.69. The number of hydrogen-bond donors (Lipinski definition) is 2. The molecule has 1 aromatic heterocycles. The van der Waals surface area contributed by atoms with Crippen LogP contribution in [-0.4, -0.2) is 53.7 Å². The summed E-state index contributed by atoms with van der Waals surface area (Å²) in [4.78, 5) is 26.7. The molecule has 2 amide bonds. The molecule has 26 heavy (non-hydrogen) atoms. The molecule has 2 heterocycles. The van der Waals surface area contributed by atoms with Gasteiger partial charge in [0.05, 0.1) is 19.2 Å². The molecule has 0 radical (unpaired) electrons. The van der Waals surface area contributed by atoms with Gasteiger partial charge in [-0.2, -0.15) is 5.10 Å². The predicted molar refractivity (Wildman–Crippen MR) is 96.9 cm³/mol. The quantitative estimate of drug-likeness (QED) is 0.738. The van der Waals surface area contributed by atoms with Gasteiger partial charge in [-0.1, -0.05) is 6.07 Å². The first-order valence-electron chi connectivity index (χ1n) is 8.86. The Kier molecular flexibility index (Phi) is 5.88. The highest BCUT2D eigenvalue weighted by molar-refractivity contribution is 5.95. The Hall–Kier alpha value is -2.83. The summed E-state index contributed by atoms with van der Waals surface area (Å²) in [5, 5.41) is 9.66. The number of aryl methyl sites for hydroxylation is 1. The minimum atomic E-state index is -0.140. The van der Waals surface area contributed by atoms with Crippen LogP contribution in [-0.2, 0) is 11.2 Å². The smallest absolute Gasteiger partial charge is 0.254 e. The molecule has 0 saturated carbocycles. The minimum absolute atomic E-state index is 0.0261. The second-order valence-electron chi connectivity index (χ2n) is 6.47. The molecule has 0 spiro atoms. The molecule has 3 rings (SSSR count). The van der Waals surface area contributed by atoms with Crippen LogP contribution in [0.1, 0.15) is 28.8 Å². The van der Waals surface area contributed by atoms with E-state index in [2.05, 4.69) is 15.5 Å².